The summed E-state index contributed by atoms with van der Waals surface area (Å²) in [4.78, 5) is 13.1. The predicted octanol–water partition coefficient (Wildman–Crippen LogP) is 6.46. The highest BCUT2D eigenvalue weighted by Crippen LogP contribution is 2.33. The lowest BCUT2D eigenvalue weighted by atomic mass is 9.87. The van der Waals surface area contributed by atoms with E-state index in [1.54, 1.807) is 24.3 Å². The fraction of sp³-hybridized carbons (Fsp3) is 0.375. The summed E-state index contributed by atoms with van der Waals surface area (Å²) in [5.41, 5.74) is 0.643. The third-order valence-corrected chi connectivity index (χ3v) is 5.65. The number of carbonyl (C=O) groups is 1. The summed E-state index contributed by atoms with van der Waals surface area (Å²) in [6.45, 7) is 7.97. The SMILES string of the molecule is CC(N(CCc1nnc(-c2ccccc2Nc2ccc(C(F)(F)F)cc2)o1)C(=O)O)C(C)(C)C. The van der Waals surface area contributed by atoms with Crippen molar-refractivity contribution in [2.75, 3.05) is 11.9 Å². The normalized spacial score (nSPS) is 12.9. The number of hydrogen-bond donors (Lipinski definition) is 2. The van der Waals surface area contributed by atoms with Gasteiger partial charge in [-0.05, 0) is 48.7 Å². The van der Waals surface area contributed by atoms with Crippen molar-refractivity contribution in [3.63, 3.8) is 0 Å². The first kappa shape index (κ1) is 25.1. The zero-order chi connectivity index (χ0) is 25.1. The summed E-state index contributed by atoms with van der Waals surface area (Å²) < 4.78 is 44.2. The van der Waals surface area contributed by atoms with Gasteiger partial charge >= 0.3 is 12.3 Å². The number of halogens is 3. The molecule has 1 unspecified atom stereocenters. The molecule has 0 spiro atoms. The van der Waals surface area contributed by atoms with Crippen LogP contribution < -0.4 is 5.32 Å². The molecule has 3 rings (SSSR count). The fourth-order valence-corrected chi connectivity index (χ4v) is 3.28. The smallest absolute Gasteiger partial charge is 0.416 e. The van der Waals surface area contributed by atoms with E-state index in [-0.39, 0.29) is 36.2 Å². The quantitative estimate of drug-likeness (QED) is 0.407. The molecule has 10 heteroatoms. The van der Waals surface area contributed by atoms with Gasteiger partial charge in [0.25, 0.3) is 0 Å². The van der Waals surface area contributed by atoms with Crippen molar-refractivity contribution < 1.29 is 27.5 Å². The monoisotopic (exact) mass is 476 g/mol. The van der Waals surface area contributed by atoms with Gasteiger partial charge in [-0.15, -0.1) is 10.2 Å². The van der Waals surface area contributed by atoms with E-state index in [2.05, 4.69) is 15.5 Å². The highest BCUT2D eigenvalue weighted by Gasteiger charge is 2.31. The van der Waals surface area contributed by atoms with Crippen LogP contribution in [-0.4, -0.2) is 38.9 Å². The molecule has 2 aromatic carbocycles. The van der Waals surface area contributed by atoms with Crippen LogP contribution in [0.4, 0.5) is 29.3 Å². The highest BCUT2D eigenvalue weighted by atomic mass is 19.4. The standard InChI is InChI=1S/C24H27F3N4O3/c1-15(23(2,3)4)31(22(32)33)14-13-20-29-30-21(34-20)18-7-5-6-8-19(18)28-17-11-9-16(10-12-17)24(25,26)27/h5-12,15,28H,13-14H2,1-4H3,(H,32,33). The molecule has 0 aliphatic rings. The topological polar surface area (TPSA) is 91.5 Å². The summed E-state index contributed by atoms with van der Waals surface area (Å²) in [6.07, 6.45) is -5.18. The number of anilines is 2. The number of nitrogens with one attached hydrogen (secondary N) is 1. The molecule has 1 aromatic heterocycles. The number of benzene rings is 2. The summed E-state index contributed by atoms with van der Waals surface area (Å²) in [5, 5.41) is 20.8. The van der Waals surface area contributed by atoms with E-state index in [0.717, 1.165) is 12.1 Å². The number of para-hydroxylation sites is 1. The second-order valence-electron chi connectivity index (χ2n) is 9.01. The minimum atomic E-state index is -4.41. The third kappa shape index (κ3) is 6.06. The fourth-order valence-electron chi connectivity index (χ4n) is 3.28. The molecular formula is C24H27F3N4O3. The number of hydrogen-bond acceptors (Lipinski definition) is 5. The Balaban J connectivity index is 1.75. The lowest BCUT2D eigenvalue weighted by Crippen LogP contribution is -2.45. The molecule has 34 heavy (non-hydrogen) atoms. The lowest BCUT2D eigenvalue weighted by molar-refractivity contribution is -0.137. The van der Waals surface area contributed by atoms with E-state index in [1.165, 1.54) is 17.0 Å². The average molecular weight is 476 g/mol. The number of nitrogens with zero attached hydrogens (tertiary/aromatic N) is 3. The van der Waals surface area contributed by atoms with Gasteiger partial charge in [0.15, 0.2) is 0 Å². The largest absolute Gasteiger partial charge is 0.465 e. The van der Waals surface area contributed by atoms with Crippen LogP contribution in [0, 0.1) is 5.41 Å². The molecule has 7 nitrogen and oxygen atoms in total. The Bertz CT molecular complexity index is 1120. The van der Waals surface area contributed by atoms with Crippen molar-refractivity contribution in [2.45, 2.75) is 46.3 Å². The Morgan fingerprint density at radius 2 is 1.74 bits per heavy atom. The van der Waals surface area contributed by atoms with Crippen molar-refractivity contribution in [1.82, 2.24) is 15.1 Å². The zero-order valence-electron chi connectivity index (χ0n) is 19.3. The number of alkyl halides is 3. The summed E-state index contributed by atoms with van der Waals surface area (Å²) in [6, 6.07) is 11.5. The van der Waals surface area contributed by atoms with E-state index < -0.39 is 17.8 Å². The van der Waals surface area contributed by atoms with Gasteiger partial charge in [-0.25, -0.2) is 4.79 Å². The van der Waals surface area contributed by atoms with Crippen molar-refractivity contribution in [3.05, 3.63) is 60.0 Å². The lowest BCUT2D eigenvalue weighted by Gasteiger charge is -2.35. The van der Waals surface area contributed by atoms with Gasteiger partial charge in [0, 0.05) is 24.7 Å². The molecule has 0 saturated carbocycles. The second kappa shape index (κ2) is 9.74. The minimum absolute atomic E-state index is 0.195. The first-order chi connectivity index (χ1) is 15.9. The molecule has 0 saturated heterocycles. The second-order valence-corrected chi connectivity index (χ2v) is 9.01. The Kier molecular flexibility index (Phi) is 7.18. The van der Waals surface area contributed by atoms with Crippen molar-refractivity contribution in [2.24, 2.45) is 5.41 Å². The van der Waals surface area contributed by atoms with Gasteiger partial charge in [-0.3, -0.25) is 0 Å². The molecule has 0 fully saturated rings. The summed E-state index contributed by atoms with van der Waals surface area (Å²) in [5.74, 6) is 0.502. The van der Waals surface area contributed by atoms with Crippen LogP contribution in [-0.2, 0) is 12.6 Å². The third-order valence-electron chi connectivity index (χ3n) is 5.65. The minimum Gasteiger partial charge on any atom is -0.465 e. The molecule has 3 aromatic rings. The van der Waals surface area contributed by atoms with Crippen LogP contribution in [0.25, 0.3) is 11.5 Å². The van der Waals surface area contributed by atoms with Gasteiger partial charge in [-0.1, -0.05) is 32.9 Å². The van der Waals surface area contributed by atoms with Crippen LogP contribution in [0.1, 0.15) is 39.1 Å². The Morgan fingerprint density at radius 3 is 2.32 bits per heavy atom. The number of carboxylic acid groups (broad SMARTS) is 1. The van der Waals surface area contributed by atoms with Gasteiger partial charge in [0.2, 0.25) is 11.8 Å². The van der Waals surface area contributed by atoms with E-state index in [1.807, 2.05) is 27.7 Å². The Morgan fingerprint density at radius 1 is 1.09 bits per heavy atom. The van der Waals surface area contributed by atoms with Crippen molar-refractivity contribution >= 4 is 17.5 Å². The molecular weight excluding hydrogens is 449 g/mol. The zero-order valence-corrected chi connectivity index (χ0v) is 19.3. The maximum atomic E-state index is 12.8. The van der Waals surface area contributed by atoms with E-state index in [4.69, 9.17) is 4.42 Å². The Hall–Kier alpha value is -3.56. The Labute approximate surface area is 195 Å². The molecule has 1 atom stereocenters. The molecule has 0 radical (unpaired) electrons. The molecule has 0 aliphatic carbocycles. The molecule has 0 aliphatic heterocycles. The van der Waals surface area contributed by atoms with Crippen LogP contribution >= 0.6 is 0 Å². The number of aromatic nitrogens is 2. The highest BCUT2D eigenvalue weighted by molar-refractivity contribution is 5.76. The summed E-state index contributed by atoms with van der Waals surface area (Å²) in [7, 11) is 0. The van der Waals surface area contributed by atoms with Gasteiger partial charge in [-0.2, -0.15) is 13.2 Å². The molecule has 1 heterocycles. The van der Waals surface area contributed by atoms with Crippen LogP contribution in [0.3, 0.4) is 0 Å². The average Bonchev–Trinajstić information content (AvgIpc) is 3.22. The predicted molar refractivity (Wildman–Crippen MR) is 122 cm³/mol. The summed E-state index contributed by atoms with van der Waals surface area (Å²) >= 11 is 0. The van der Waals surface area contributed by atoms with Crippen LogP contribution in [0.15, 0.2) is 52.9 Å². The molecule has 182 valence electrons. The van der Waals surface area contributed by atoms with Gasteiger partial charge in [0.05, 0.1) is 16.8 Å². The first-order valence-corrected chi connectivity index (χ1v) is 10.7. The first-order valence-electron chi connectivity index (χ1n) is 10.7. The number of amides is 1. The van der Waals surface area contributed by atoms with E-state index >= 15 is 0 Å². The van der Waals surface area contributed by atoms with E-state index in [0.29, 0.717) is 16.9 Å². The van der Waals surface area contributed by atoms with Gasteiger partial charge < -0.3 is 19.7 Å². The molecule has 2 N–H and O–H groups in total. The van der Waals surface area contributed by atoms with Crippen molar-refractivity contribution in [3.8, 4) is 11.5 Å². The number of rotatable bonds is 7. The van der Waals surface area contributed by atoms with Crippen LogP contribution in [0.2, 0.25) is 0 Å². The van der Waals surface area contributed by atoms with E-state index in [9.17, 15) is 23.1 Å². The van der Waals surface area contributed by atoms with Crippen molar-refractivity contribution in [1.29, 1.82) is 0 Å². The maximum Gasteiger partial charge on any atom is 0.416 e. The maximum absolute atomic E-state index is 12.8. The van der Waals surface area contributed by atoms with Crippen LogP contribution in [0.5, 0.6) is 0 Å². The molecule has 1 amide bonds. The van der Waals surface area contributed by atoms with Gasteiger partial charge in [0.1, 0.15) is 0 Å². The molecule has 0 bridgehead atoms.